The van der Waals surface area contributed by atoms with Gasteiger partial charge >= 0.3 is 0 Å². The van der Waals surface area contributed by atoms with E-state index in [0.717, 1.165) is 24.2 Å². The standard InChI is InChI=1S/C24H31N3S/c1-6-9-24(28-17-22-11-8-10-21(15-22)16-25)27(26-20(5)7-2)23-14-18(3)12-13-19(23)4/h8-15,20,26H,6-7,17H2,1-5H3. The molecule has 0 aliphatic carbocycles. The van der Waals surface area contributed by atoms with Gasteiger partial charge in [0.2, 0.25) is 0 Å². The first-order valence-electron chi connectivity index (χ1n) is 9.94. The quantitative estimate of drug-likeness (QED) is 0.496. The fourth-order valence-corrected chi connectivity index (χ4v) is 3.86. The smallest absolute Gasteiger partial charge is 0.0991 e. The maximum atomic E-state index is 9.16. The molecule has 0 aliphatic rings. The second-order valence-electron chi connectivity index (χ2n) is 7.12. The van der Waals surface area contributed by atoms with Crippen LogP contribution in [0.1, 0.15) is 55.9 Å². The van der Waals surface area contributed by atoms with Gasteiger partial charge in [-0.05, 0) is 68.5 Å². The van der Waals surface area contributed by atoms with Crippen LogP contribution in [0.25, 0.3) is 0 Å². The van der Waals surface area contributed by atoms with Crippen molar-refractivity contribution in [1.82, 2.24) is 5.43 Å². The zero-order valence-corrected chi connectivity index (χ0v) is 18.4. The Labute approximate surface area is 174 Å². The Morgan fingerprint density at radius 3 is 2.68 bits per heavy atom. The molecule has 2 aromatic rings. The zero-order chi connectivity index (χ0) is 20.5. The molecule has 0 aromatic heterocycles. The highest BCUT2D eigenvalue weighted by molar-refractivity contribution is 8.02. The Balaban J connectivity index is 2.34. The van der Waals surface area contributed by atoms with Crippen LogP contribution < -0.4 is 10.4 Å². The maximum Gasteiger partial charge on any atom is 0.0991 e. The van der Waals surface area contributed by atoms with Crippen molar-refractivity contribution in [3.05, 3.63) is 75.8 Å². The highest BCUT2D eigenvalue weighted by Crippen LogP contribution is 2.31. The number of aryl methyl sites for hydroxylation is 2. The Kier molecular flexibility index (Phi) is 8.63. The van der Waals surface area contributed by atoms with Crippen molar-refractivity contribution in [2.24, 2.45) is 0 Å². The van der Waals surface area contributed by atoms with E-state index in [1.807, 2.05) is 18.2 Å². The monoisotopic (exact) mass is 393 g/mol. The summed E-state index contributed by atoms with van der Waals surface area (Å²) < 4.78 is 0. The van der Waals surface area contributed by atoms with Gasteiger partial charge in [0.25, 0.3) is 0 Å². The van der Waals surface area contributed by atoms with E-state index in [1.165, 1.54) is 21.8 Å². The summed E-state index contributed by atoms with van der Waals surface area (Å²) in [6, 6.07) is 17.0. The number of nitrogens with one attached hydrogen (secondary N) is 1. The minimum absolute atomic E-state index is 0.364. The molecular formula is C24H31N3S. The topological polar surface area (TPSA) is 39.1 Å². The second-order valence-corrected chi connectivity index (χ2v) is 8.11. The number of hydrogen-bond donors (Lipinski definition) is 1. The van der Waals surface area contributed by atoms with Crippen LogP contribution in [0.4, 0.5) is 5.69 Å². The molecule has 4 heteroatoms. The normalized spacial score (nSPS) is 12.5. The number of anilines is 1. The summed E-state index contributed by atoms with van der Waals surface area (Å²) in [5.41, 5.74) is 9.25. The van der Waals surface area contributed by atoms with Crippen molar-refractivity contribution in [3.63, 3.8) is 0 Å². The first kappa shape index (κ1) is 22.1. The van der Waals surface area contributed by atoms with E-state index in [0.29, 0.717) is 11.6 Å². The molecule has 0 bridgehead atoms. The van der Waals surface area contributed by atoms with E-state index < -0.39 is 0 Å². The van der Waals surface area contributed by atoms with E-state index in [1.54, 1.807) is 11.8 Å². The largest absolute Gasteiger partial charge is 0.270 e. The number of hydrazine groups is 1. The Hall–Kier alpha value is -2.22. The molecule has 148 valence electrons. The van der Waals surface area contributed by atoms with E-state index in [9.17, 15) is 0 Å². The summed E-state index contributed by atoms with van der Waals surface area (Å²) in [6.45, 7) is 10.9. The van der Waals surface area contributed by atoms with E-state index in [2.05, 4.69) is 81.5 Å². The van der Waals surface area contributed by atoms with Crippen LogP contribution in [-0.2, 0) is 5.75 Å². The first-order valence-corrected chi connectivity index (χ1v) is 10.9. The van der Waals surface area contributed by atoms with Crippen molar-refractivity contribution in [3.8, 4) is 6.07 Å². The Morgan fingerprint density at radius 1 is 1.21 bits per heavy atom. The highest BCUT2D eigenvalue weighted by Gasteiger charge is 2.17. The van der Waals surface area contributed by atoms with Crippen molar-refractivity contribution >= 4 is 17.4 Å². The summed E-state index contributed by atoms with van der Waals surface area (Å²) in [5.74, 6) is 0.824. The maximum absolute atomic E-state index is 9.16. The van der Waals surface area contributed by atoms with Crippen LogP contribution in [0.5, 0.6) is 0 Å². The summed E-state index contributed by atoms with van der Waals surface area (Å²) in [6.07, 6.45) is 4.29. The lowest BCUT2D eigenvalue weighted by Crippen LogP contribution is -2.42. The molecule has 0 aliphatic heterocycles. The molecule has 1 N–H and O–H groups in total. The molecule has 0 saturated carbocycles. The average molecular weight is 394 g/mol. The summed E-state index contributed by atoms with van der Waals surface area (Å²) in [7, 11) is 0. The molecule has 0 amide bonds. The van der Waals surface area contributed by atoms with E-state index in [4.69, 9.17) is 5.26 Å². The number of hydrogen-bond acceptors (Lipinski definition) is 4. The number of thioether (sulfide) groups is 1. The number of benzene rings is 2. The van der Waals surface area contributed by atoms with Gasteiger partial charge in [-0.1, -0.05) is 44.2 Å². The van der Waals surface area contributed by atoms with Gasteiger partial charge in [0.05, 0.1) is 22.3 Å². The third-order valence-electron chi connectivity index (χ3n) is 4.61. The van der Waals surface area contributed by atoms with Crippen molar-refractivity contribution < 1.29 is 0 Å². The Morgan fingerprint density at radius 2 is 2.00 bits per heavy atom. The molecule has 0 spiro atoms. The first-order chi connectivity index (χ1) is 13.5. The molecule has 3 nitrogen and oxygen atoms in total. The SMILES string of the molecule is CCC=C(SCc1cccc(C#N)c1)N(NC(C)CC)c1cc(C)ccc1C. The van der Waals surface area contributed by atoms with Gasteiger partial charge in [-0.15, -0.1) is 11.8 Å². The average Bonchev–Trinajstić information content (AvgIpc) is 2.71. The molecule has 1 unspecified atom stereocenters. The molecule has 0 heterocycles. The van der Waals surface area contributed by atoms with Crippen LogP contribution in [0, 0.1) is 25.2 Å². The lowest BCUT2D eigenvalue weighted by molar-refractivity contribution is 0.536. The van der Waals surface area contributed by atoms with Gasteiger partial charge in [-0.25, -0.2) is 5.43 Å². The summed E-state index contributed by atoms with van der Waals surface area (Å²) in [5, 5.41) is 12.6. The van der Waals surface area contributed by atoms with Gasteiger partial charge in [-0.2, -0.15) is 5.26 Å². The van der Waals surface area contributed by atoms with Crippen LogP contribution in [0.2, 0.25) is 0 Å². The molecule has 2 rings (SSSR count). The summed E-state index contributed by atoms with van der Waals surface area (Å²) >= 11 is 1.80. The summed E-state index contributed by atoms with van der Waals surface area (Å²) in [4.78, 5) is 0. The minimum atomic E-state index is 0.364. The molecular weight excluding hydrogens is 362 g/mol. The van der Waals surface area contributed by atoms with Crippen molar-refractivity contribution in [2.75, 3.05) is 5.01 Å². The van der Waals surface area contributed by atoms with Gasteiger partial charge < -0.3 is 0 Å². The van der Waals surface area contributed by atoms with E-state index >= 15 is 0 Å². The number of nitriles is 1. The number of nitrogens with zero attached hydrogens (tertiary/aromatic N) is 2. The van der Waals surface area contributed by atoms with Gasteiger partial charge in [0.15, 0.2) is 0 Å². The fourth-order valence-electron chi connectivity index (χ4n) is 2.80. The van der Waals surface area contributed by atoms with Crippen molar-refractivity contribution in [2.45, 2.75) is 59.3 Å². The van der Waals surface area contributed by atoms with Gasteiger partial charge in [-0.3, -0.25) is 5.01 Å². The second kappa shape index (κ2) is 10.9. The lowest BCUT2D eigenvalue weighted by Gasteiger charge is -2.32. The number of rotatable bonds is 9. The highest BCUT2D eigenvalue weighted by atomic mass is 32.2. The minimum Gasteiger partial charge on any atom is -0.270 e. The van der Waals surface area contributed by atoms with Crippen LogP contribution in [0.15, 0.2) is 53.6 Å². The van der Waals surface area contributed by atoms with Gasteiger partial charge in [0, 0.05) is 11.8 Å². The Bertz CT molecular complexity index is 851. The van der Waals surface area contributed by atoms with Crippen molar-refractivity contribution in [1.29, 1.82) is 5.26 Å². The predicted octanol–water partition coefficient (Wildman–Crippen LogP) is 6.47. The van der Waals surface area contributed by atoms with Gasteiger partial charge in [0.1, 0.15) is 0 Å². The fraction of sp³-hybridized carbons (Fsp3) is 0.375. The lowest BCUT2D eigenvalue weighted by atomic mass is 10.1. The molecule has 0 saturated heterocycles. The van der Waals surface area contributed by atoms with Crippen LogP contribution in [0.3, 0.4) is 0 Å². The third kappa shape index (κ3) is 6.15. The van der Waals surface area contributed by atoms with Crippen LogP contribution in [-0.4, -0.2) is 6.04 Å². The molecule has 1 atom stereocenters. The predicted molar refractivity (Wildman–Crippen MR) is 122 cm³/mol. The van der Waals surface area contributed by atoms with Crippen LogP contribution >= 0.6 is 11.8 Å². The van der Waals surface area contributed by atoms with E-state index in [-0.39, 0.29) is 0 Å². The number of allylic oxidation sites excluding steroid dienone is 1. The molecule has 0 radical (unpaired) electrons. The molecule has 0 fully saturated rings. The molecule has 2 aromatic carbocycles. The molecule has 28 heavy (non-hydrogen) atoms. The zero-order valence-electron chi connectivity index (χ0n) is 17.6. The third-order valence-corrected chi connectivity index (χ3v) is 5.73.